The quantitative estimate of drug-likeness (QED) is 0.145. The fourth-order valence-electron chi connectivity index (χ4n) is 5.44. The number of nitrogens with two attached hydrogens (primary N) is 1. The van der Waals surface area contributed by atoms with Gasteiger partial charge in [-0.25, -0.2) is 0 Å². The minimum Gasteiger partial charge on any atom is -0.497 e. The highest BCUT2D eigenvalue weighted by Crippen LogP contribution is 2.32. The van der Waals surface area contributed by atoms with Gasteiger partial charge in [0.05, 0.1) is 39.6 Å². The zero-order chi connectivity index (χ0) is 33.4. The fourth-order valence-corrected chi connectivity index (χ4v) is 5.44. The van der Waals surface area contributed by atoms with E-state index in [-0.39, 0.29) is 30.2 Å². The maximum absolute atomic E-state index is 13.6. The Morgan fingerprint density at radius 1 is 0.911 bits per heavy atom. The fraction of sp³-hybridized carbons (Fsp3) is 0.639. The lowest BCUT2D eigenvalue weighted by Gasteiger charge is -2.31. The van der Waals surface area contributed by atoms with E-state index in [9.17, 15) is 9.90 Å². The Labute approximate surface area is 271 Å². The van der Waals surface area contributed by atoms with Gasteiger partial charge in [-0.2, -0.15) is 0 Å². The third kappa shape index (κ3) is 12.8. The Hall–Kier alpha value is -2.85. The van der Waals surface area contributed by atoms with Crippen molar-refractivity contribution in [2.75, 3.05) is 47.8 Å². The van der Waals surface area contributed by atoms with Gasteiger partial charge in [0.2, 0.25) is 5.91 Å². The Kier molecular flexibility index (Phi) is 17.3. The first kappa shape index (κ1) is 38.3. The summed E-state index contributed by atoms with van der Waals surface area (Å²) in [6, 6.07) is 12.8. The summed E-state index contributed by atoms with van der Waals surface area (Å²) in [6.45, 7) is 12.4. The molecule has 0 radical (unpaired) electrons. The second kappa shape index (κ2) is 20.3. The van der Waals surface area contributed by atoms with Gasteiger partial charge < -0.3 is 39.8 Å². The van der Waals surface area contributed by atoms with Crippen LogP contribution in [0.15, 0.2) is 42.5 Å². The summed E-state index contributed by atoms with van der Waals surface area (Å²) in [4.78, 5) is 13.6. The highest BCUT2D eigenvalue weighted by atomic mass is 16.5. The van der Waals surface area contributed by atoms with Crippen molar-refractivity contribution in [3.05, 3.63) is 53.6 Å². The van der Waals surface area contributed by atoms with Gasteiger partial charge in [-0.1, -0.05) is 45.9 Å². The molecule has 2 aromatic carbocycles. The van der Waals surface area contributed by atoms with E-state index in [1.165, 1.54) is 0 Å². The molecule has 45 heavy (non-hydrogen) atoms. The van der Waals surface area contributed by atoms with Gasteiger partial charge in [0.25, 0.3) is 0 Å². The van der Waals surface area contributed by atoms with E-state index in [2.05, 4.69) is 25.2 Å². The molecule has 0 aromatic heterocycles. The number of carbonyl (C=O) groups excluding carboxylic acids is 1. The lowest BCUT2D eigenvalue weighted by atomic mass is 9.80. The third-order valence-corrected chi connectivity index (χ3v) is 8.45. The Morgan fingerprint density at radius 2 is 1.62 bits per heavy atom. The molecule has 0 fully saturated rings. The topological polar surface area (TPSA) is 122 Å². The van der Waals surface area contributed by atoms with Crippen LogP contribution in [0.25, 0.3) is 0 Å². The summed E-state index contributed by atoms with van der Waals surface area (Å²) >= 11 is 0. The van der Waals surface area contributed by atoms with Crippen LogP contribution < -0.4 is 25.3 Å². The van der Waals surface area contributed by atoms with Crippen molar-refractivity contribution in [1.82, 2.24) is 5.32 Å². The van der Waals surface area contributed by atoms with Crippen molar-refractivity contribution >= 4 is 5.91 Å². The Bertz CT molecular complexity index is 1110. The summed E-state index contributed by atoms with van der Waals surface area (Å²) < 4.78 is 27.6. The highest BCUT2D eigenvalue weighted by molar-refractivity contribution is 5.79. The number of benzene rings is 2. The van der Waals surface area contributed by atoms with Crippen LogP contribution in [-0.2, 0) is 20.7 Å². The number of hydrogen-bond acceptors (Lipinski definition) is 8. The largest absolute Gasteiger partial charge is 0.497 e. The molecule has 0 bridgehead atoms. The molecular formula is C36H58N2O7. The van der Waals surface area contributed by atoms with Gasteiger partial charge in [-0.05, 0) is 79.3 Å². The molecule has 2 rings (SSSR count). The Balaban J connectivity index is 2.09. The minimum absolute atomic E-state index is 0.0120. The average Bonchev–Trinajstić information content (AvgIpc) is 3.03. The minimum atomic E-state index is -0.828. The van der Waals surface area contributed by atoms with Gasteiger partial charge in [-0.15, -0.1) is 0 Å². The van der Waals surface area contributed by atoms with E-state index in [4.69, 9.17) is 29.4 Å². The molecule has 0 spiro atoms. The standard InChI is InChI=1S/C36H58N2O7/c1-9-44-23-32(27-12-14-29(42-7)15-13-27)38-36(40)30(25(4)5)22-33(39)31(37)21-28(24(2)3)19-26-11-16-34(43-8)35(20-26)45-18-10-17-41-6/h11-16,20,24-25,28,30-33,39H,9-10,17-19,21-23,37H2,1-8H3,(H,38,40)/t28-,30-,31-,32+,33-/m0/s1. The maximum Gasteiger partial charge on any atom is 0.224 e. The van der Waals surface area contributed by atoms with Gasteiger partial charge in [-0.3, -0.25) is 4.79 Å². The number of amides is 1. The molecule has 0 aliphatic heterocycles. The number of rotatable bonds is 22. The van der Waals surface area contributed by atoms with E-state index < -0.39 is 18.1 Å². The van der Waals surface area contributed by atoms with E-state index in [1.54, 1.807) is 21.3 Å². The summed E-state index contributed by atoms with van der Waals surface area (Å²) in [6.07, 6.45) is 1.65. The van der Waals surface area contributed by atoms with Crippen LogP contribution in [0.2, 0.25) is 0 Å². The van der Waals surface area contributed by atoms with E-state index >= 15 is 0 Å². The van der Waals surface area contributed by atoms with Gasteiger partial charge in [0, 0.05) is 38.7 Å². The molecule has 0 aliphatic carbocycles. The molecule has 0 saturated heterocycles. The van der Waals surface area contributed by atoms with Gasteiger partial charge in [0.15, 0.2) is 11.5 Å². The number of aliphatic hydroxyl groups is 1. The summed E-state index contributed by atoms with van der Waals surface area (Å²) in [5.41, 5.74) is 8.69. The molecule has 0 unspecified atom stereocenters. The molecule has 1 amide bonds. The van der Waals surface area contributed by atoms with E-state index in [0.717, 1.165) is 29.7 Å². The van der Waals surface area contributed by atoms with Crippen LogP contribution in [0.1, 0.15) is 71.0 Å². The molecule has 2 aromatic rings. The number of carbonyl (C=O) groups is 1. The first-order chi connectivity index (χ1) is 21.5. The number of methoxy groups -OCH3 is 3. The second-order valence-corrected chi connectivity index (χ2v) is 12.4. The van der Waals surface area contributed by atoms with Crippen LogP contribution in [-0.4, -0.2) is 70.9 Å². The predicted octanol–water partition coefficient (Wildman–Crippen LogP) is 5.57. The SMILES string of the molecule is CCOC[C@@H](NC(=O)[C@@H](C[C@H](O)[C@@H](N)C[C@H](Cc1ccc(OC)c(OCCCOC)c1)C(C)C)C(C)C)c1ccc(OC)cc1. The molecule has 0 saturated carbocycles. The van der Waals surface area contributed by atoms with Gasteiger partial charge >= 0.3 is 0 Å². The number of aliphatic hydroxyl groups excluding tert-OH is 1. The van der Waals surface area contributed by atoms with Crippen LogP contribution in [0.4, 0.5) is 0 Å². The molecule has 9 heteroatoms. The lowest BCUT2D eigenvalue weighted by Crippen LogP contribution is -2.44. The summed E-state index contributed by atoms with van der Waals surface area (Å²) in [7, 11) is 4.94. The maximum atomic E-state index is 13.6. The first-order valence-electron chi connectivity index (χ1n) is 16.3. The number of ether oxygens (including phenoxy) is 5. The first-order valence-corrected chi connectivity index (χ1v) is 16.3. The van der Waals surface area contributed by atoms with Crippen molar-refractivity contribution < 1.29 is 33.6 Å². The second-order valence-electron chi connectivity index (χ2n) is 12.4. The van der Waals surface area contributed by atoms with Crippen LogP contribution in [0.3, 0.4) is 0 Å². The lowest BCUT2D eigenvalue weighted by molar-refractivity contribution is -0.129. The molecule has 254 valence electrons. The van der Waals surface area contributed by atoms with E-state index in [0.29, 0.717) is 50.3 Å². The van der Waals surface area contributed by atoms with Crippen LogP contribution in [0.5, 0.6) is 17.2 Å². The van der Waals surface area contributed by atoms with Crippen LogP contribution >= 0.6 is 0 Å². The monoisotopic (exact) mass is 630 g/mol. The summed E-state index contributed by atoms with van der Waals surface area (Å²) in [5, 5.41) is 14.5. The highest BCUT2D eigenvalue weighted by Gasteiger charge is 2.31. The third-order valence-electron chi connectivity index (χ3n) is 8.45. The van der Waals surface area contributed by atoms with Crippen molar-refractivity contribution in [3.63, 3.8) is 0 Å². The number of hydrogen-bond donors (Lipinski definition) is 3. The van der Waals surface area contributed by atoms with Crippen molar-refractivity contribution in [2.45, 2.75) is 78.5 Å². The number of nitrogens with one attached hydrogen (secondary N) is 1. The summed E-state index contributed by atoms with van der Waals surface area (Å²) in [5.74, 6) is 2.19. The zero-order valence-electron chi connectivity index (χ0n) is 28.7. The Morgan fingerprint density at radius 3 is 2.20 bits per heavy atom. The predicted molar refractivity (Wildman–Crippen MR) is 179 cm³/mol. The average molecular weight is 631 g/mol. The van der Waals surface area contributed by atoms with E-state index in [1.807, 2.05) is 57.2 Å². The van der Waals surface area contributed by atoms with Crippen molar-refractivity contribution in [3.8, 4) is 17.2 Å². The molecule has 9 nitrogen and oxygen atoms in total. The molecule has 0 aliphatic rings. The normalized spacial score (nSPS) is 14.9. The van der Waals surface area contributed by atoms with Crippen molar-refractivity contribution in [1.29, 1.82) is 0 Å². The molecular weight excluding hydrogens is 572 g/mol. The molecule has 4 N–H and O–H groups in total. The van der Waals surface area contributed by atoms with Gasteiger partial charge in [0.1, 0.15) is 5.75 Å². The van der Waals surface area contributed by atoms with Crippen LogP contribution in [0, 0.1) is 23.7 Å². The smallest absolute Gasteiger partial charge is 0.224 e. The molecule has 0 heterocycles. The molecule has 5 atom stereocenters. The zero-order valence-corrected chi connectivity index (χ0v) is 28.7. The van der Waals surface area contributed by atoms with Crippen molar-refractivity contribution in [2.24, 2.45) is 29.4 Å².